The maximum atomic E-state index is 15.6. The molecule has 1 saturated heterocycles. The van der Waals surface area contributed by atoms with Crippen LogP contribution in [0.2, 0.25) is 0 Å². The molecule has 2 unspecified atom stereocenters. The van der Waals surface area contributed by atoms with Gasteiger partial charge in [-0.15, -0.1) is 12.4 Å². The molecule has 2 atom stereocenters. The van der Waals surface area contributed by atoms with Crippen molar-refractivity contribution in [3.8, 4) is 0 Å². The number of fused-ring (bicyclic) bond motifs is 2. The van der Waals surface area contributed by atoms with Crippen LogP contribution in [0.5, 0.6) is 0 Å². The quantitative estimate of drug-likeness (QED) is 0.597. The fraction of sp³-hybridized carbons (Fsp3) is 0.538. The Morgan fingerprint density at radius 1 is 1.06 bits per heavy atom. The van der Waals surface area contributed by atoms with Crippen molar-refractivity contribution in [3.63, 3.8) is 0 Å². The van der Waals surface area contributed by atoms with E-state index in [1.165, 1.54) is 17.2 Å². The average Bonchev–Trinajstić information content (AvgIpc) is 3.64. The second-order valence-corrected chi connectivity index (χ2v) is 12.6. The molecular weight excluding hydrogens is 475 g/mol. The first-order valence-corrected chi connectivity index (χ1v) is 13.6. The highest BCUT2D eigenvalue weighted by atomic mass is 35.5. The van der Waals surface area contributed by atoms with Crippen LogP contribution < -0.4 is 4.72 Å². The minimum atomic E-state index is -3.51. The van der Waals surface area contributed by atoms with E-state index < -0.39 is 21.4 Å². The molecular formula is C26H32ClFN2O3S. The third-order valence-electron chi connectivity index (χ3n) is 8.59. The van der Waals surface area contributed by atoms with Crippen molar-refractivity contribution in [2.45, 2.75) is 55.3 Å². The third kappa shape index (κ3) is 3.76. The lowest BCUT2D eigenvalue weighted by atomic mass is 9.86. The molecule has 0 spiro atoms. The van der Waals surface area contributed by atoms with E-state index in [1.807, 2.05) is 18.2 Å². The molecule has 5 nitrogen and oxygen atoms in total. The Bertz CT molecular complexity index is 1180. The first-order chi connectivity index (χ1) is 15.8. The number of hydrogen-bond donors (Lipinski definition) is 2. The Morgan fingerprint density at radius 2 is 1.68 bits per heavy atom. The molecule has 2 N–H and O–H groups in total. The number of anilines is 1. The number of rotatable bonds is 7. The normalized spacial score (nSPS) is 29.3. The number of hydrogen-bond acceptors (Lipinski definition) is 4. The van der Waals surface area contributed by atoms with Crippen LogP contribution in [-0.2, 0) is 28.3 Å². The zero-order valence-electron chi connectivity index (χ0n) is 19.3. The molecule has 0 amide bonds. The van der Waals surface area contributed by atoms with Gasteiger partial charge in [0.15, 0.2) is 5.82 Å². The summed E-state index contributed by atoms with van der Waals surface area (Å²) in [6.07, 6.45) is 3.49. The predicted octanol–water partition coefficient (Wildman–Crippen LogP) is 3.89. The van der Waals surface area contributed by atoms with Gasteiger partial charge in [-0.25, -0.2) is 12.8 Å². The number of nitrogens with one attached hydrogen (secondary N) is 1. The molecule has 2 aromatic rings. The SMILES string of the molecule is CCC1(c2cccc(NS(=O)(=O)C3CC3)c2F)C2CN(CC3(O)Cc4ccccc4C3)CC21.Cl. The Hall–Kier alpha value is -1.67. The molecule has 1 heterocycles. The van der Waals surface area contributed by atoms with E-state index in [2.05, 4.69) is 28.7 Å². The number of aliphatic hydroxyl groups is 1. The minimum absolute atomic E-state index is 0. The summed E-state index contributed by atoms with van der Waals surface area (Å²) < 4.78 is 42.8. The number of halogens is 2. The maximum absolute atomic E-state index is 15.6. The van der Waals surface area contributed by atoms with Crippen molar-refractivity contribution < 1.29 is 17.9 Å². The summed E-state index contributed by atoms with van der Waals surface area (Å²) in [5, 5.41) is 10.9. The summed E-state index contributed by atoms with van der Waals surface area (Å²) in [4.78, 5) is 2.34. The van der Waals surface area contributed by atoms with Crippen LogP contribution in [0.4, 0.5) is 10.1 Å². The third-order valence-corrected chi connectivity index (χ3v) is 10.4. The first-order valence-electron chi connectivity index (χ1n) is 12.1. The lowest BCUT2D eigenvalue weighted by Gasteiger charge is -2.32. The van der Waals surface area contributed by atoms with Gasteiger partial charge in [0, 0.05) is 37.9 Å². The Kier molecular flexibility index (Phi) is 5.79. The Labute approximate surface area is 207 Å². The van der Waals surface area contributed by atoms with Gasteiger partial charge in [-0.1, -0.05) is 43.3 Å². The molecule has 3 aliphatic carbocycles. The highest BCUT2D eigenvalue weighted by Crippen LogP contribution is 2.66. The van der Waals surface area contributed by atoms with Crippen LogP contribution in [0.25, 0.3) is 0 Å². The predicted molar refractivity (Wildman–Crippen MR) is 133 cm³/mol. The monoisotopic (exact) mass is 506 g/mol. The molecule has 4 aliphatic rings. The zero-order valence-corrected chi connectivity index (χ0v) is 21.0. The summed E-state index contributed by atoms with van der Waals surface area (Å²) >= 11 is 0. The van der Waals surface area contributed by atoms with Gasteiger partial charge in [0.1, 0.15) is 0 Å². The highest BCUT2D eigenvalue weighted by Gasteiger charge is 2.68. The number of β-amino-alcohol motifs (C(OH)–C–C–N with tert-alkyl or cyclic N) is 1. The van der Waals surface area contributed by atoms with E-state index in [4.69, 9.17) is 0 Å². The largest absolute Gasteiger partial charge is 0.388 e. The van der Waals surface area contributed by atoms with Crippen molar-refractivity contribution in [1.82, 2.24) is 4.90 Å². The topological polar surface area (TPSA) is 69.6 Å². The molecule has 34 heavy (non-hydrogen) atoms. The highest BCUT2D eigenvalue weighted by molar-refractivity contribution is 7.93. The number of sulfonamides is 1. The molecule has 0 bridgehead atoms. The van der Waals surface area contributed by atoms with E-state index >= 15 is 4.39 Å². The van der Waals surface area contributed by atoms with Gasteiger partial charge in [-0.2, -0.15) is 0 Å². The van der Waals surface area contributed by atoms with Gasteiger partial charge in [0.2, 0.25) is 10.0 Å². The summed E-state index contributed by atoms with van der Waals surface area (Å²) in [6, 6.07) is 13.4. The Balaban J connectivity index is 0.00000241. The summed E-state index contributed by atoms with van der Waals surface area (Å²) in [5.41, 5.74) is 2.21. The molecule has 0 radical (unpaired) electrons. The van der Waals surface area contributed by atoms with Crippen molar-refractivity contribution in [2.75, 3.05) is 24.4 Å². The number of nitrogens with zero attached hydrogens (tertiary/aromatic N) is 1. The molecule has 6 rings (SSSR count). The second-order valence-electron chi connectivity index (χ2n) is 10.7. The fourth-order valence-corrected chi connectivity index (χ4v) is 8.23. The van der Waals surface area contributed by atoms with Crippen LogP contribution in [0.1, 0.15) is 42.9 Å². The van der Waals surface area contributed by atoms with Crippen molar-refractivity contribution in [1.29, 1.82) is 0 Å². The van der Waals surface area contributed by atoms with E-state index in [-0.39, 0.29) is 28.8 Å². The maximum Gasteiger partial charge on any atom is 0.235 e. The van der Waals surface area contributed by atoms with Gasteiger partial charge < -0.3 is 5.11 Å². The number of piperidine rings is 1. The molecule has 3 fully saturated rings. The van der Waals surface area contributed by atoms with Crippen LogP contribution in [0, 0.1) is 17.7 Å². The molecule has 8 heteroatoms. The first kappa shape index (κ1) is 24.0. The van der Waals surface area contributed by atoms with Gasteiger partial charge in [-0.3, -0.25) is 9.62 Å². The lowest BCUT2D eigenvalue weighted by molar-refractivity contribution is 0.0138. The molecule has 2 saturated carbocycles. The van der Waals surface area contributed by atoms with Crippen LogP contribution in [0.3, 0.4) is 0 Å². The molecule has 184 valence electrons. The molecule has 1 aliphatic heterocycles. The van der Waals surface area contributed by atoms with E-state index in [0.717, 1.165) is 19.5 Å². The summed E-state index contributed by atoms with van der Waals surface area (Å²) in [6.45, 7) is 4.42. The number of likely N-dealkylation sites (tertiary alicyclic amines) is 1. The second kappa shape index (κ2) is 8.19. The average molecular weight is 507 g/mol. The van der Waals surface area contributed by atoms with Gasteiger partial charge in [-0.05, 0) is 53.9 Å². The van der Waals surface area contributed by atoms with Gasteiger partial charge in [0.25, 0.3) is 0 Å². The fourth-order valence-electron chi connectivity index (χ4n) is 6.85. The van der Waals surface area contributed by atoms with Crippen molar-refractivity contribution in [3.05, 3.63) is 65.0 Å². The van der Waals surface area contributed by atoms with Crippen LogP contribution in [0.15, 0.2) is 42.5 Å². The van der Waals surface area contributed by atoms with Crippen molar-refractivity contribution in [2.24, 2.45) is 11.8 Å². The minimum Gasteiger partial charge on any atom is -0.388 e. The van der Waals surface area contributed by atoms with Crippen molar-refractivity contribution >= 4 is 28.1 Å². The van der Waals surface area contributed by atoms with Gasteiger partial charge >= 0.3 is 0 Å². The summed E-state index contributed by atoms with van der Waals surface area (Å²) in [7, 11) is -3.51. The van der Waals surface area contributed by atoms with Crippen LogP contribution in [-0.4, -0.2) is 48.9 Å². The smallest absolute Gasteiger partial charge is 0.235 e. The molecule has 2 aromatic carbocycles. The van der Waals surface area contributed by atoms with E-state index in [0.29, 0.717) is 49.6 Å². The summed E-state index contributed by atoms with van der Waals surface area (Å²) in [5.74, 6) is 0.244. The van der Waals surface area contributed by atoms with E-state index in [1.54, 1.807) is 6.07 Å². The van der Waals surface area contributed by atoms with Gasteiger partial charge in [0.05, 0.1) is 16.5 Å². The lowest BCUT2D eigenvalue weighted by Crippen LogP contribution is -2.45. The molecule has 0 aromatic heterocycles. The zero-order chi connectivity index (χ0) is 23.0. The number of benzene rings is 2. The Morgan fingerprint density at radius 3 is 2.24 bits per heavy atom. The van der Waals surface area contributed by atoms with Crippen LogP contribution >= 0.6 is 12.4 Å². The standard InChI is InChI=1S/C26H31FN2O3S.ClH/c1-2-26(20-8-5-9-23(24(20)27)28-33(31,32)19-10-11-19)21-14-29(15-22(21)26)16-25(30)12-17-6-3-4-7-18(17)13-25;/h3-9,19,21-22,28,30H,2,10-16H2,1H3;1H. The van der Waals surface area contributed by atoms with E-state index in [9.17, 15) is 13.5 Å².